The van der Waals surface area contributed by atoms with Crippen LogP contribution in [0.4, 0.5) is 5.69 Å². The van der Waals surface area contributed by atoms with Crippen LogP contribution in [0, 0.1) is 6.92 Å². The van der Waals surface area contributed by atoms with E-state index in [-0.39, 0.29) is 22.2 Å². The Balaban J connectivity index is 1.82. The molecule has 0 unspecified atom stereocenters. The minimum atomic E-state index is -3.84. The standard InChI is InChI=1S/C24H26N2O5S/c1-16-9-12-19(13-10-16)32(28,29)26-21-8-6-5-7-20(21)24(27)25-17(2)18-11-14-22(30-3)23(15-18)31-4/h5-15,17,26H,1-4H3,(H,25,27)/t17-/m0/s1. The van der Waals surface area contributed by atoms with Gasteiger partial charge < -0.3 is 14.8 Å². The summed E-state index contributed by atoms with van der Waals surface area (Å²) in [5.41, 5.74) is 2.18. The molecule has 3 rings (SSSR count). The van der Waals surface area contributed by atoms with E-state index >= 15 is 0 Å². The lowest BCUT2D eigenvalue weighted by Gasteiger charge is -2.18. The van der Waals surface area contributed by atoms with Crippen molar-refractivity contribution >= 4 is 21.6 Å². The molecule has 0 aromatic heterocycles. The lowest BCUT2D eigenvalue weighted by atomic mass is 10.1. The number of hydrogen-bond donors (Lipinski definition) is 2. The van der Waals surface area contributed by atoms with Crippen molar-refractivity contribution in [2.45, 2.75) is 24.8 Å². The first kappa shape index (κ1) is 23.1. The summed E-state index contributed by atoms with van der Waals surface area (Å²) in [6, 6.07) is 18.0. The Morgan fingerprint density at radius 2 is 1.56 bits per heavy atom. The van der Waals surface area contributed by atoms with Gasteiger partial charge in [-0.1, -0.05) is 35.9 Å². The van der Waals surface area contributed by atoms with Crippen molar-refractivity contribution in [3.05, 3.63) is 83.4 Å². The lowest BCUT2D eigenvalue weighted by Crippen LogP contribution is -2.28. The van der Waals surface area contributed by atoms with Crippen LogP contribution in [0.15, 0.2) is 71.6 Å². The van der Waals surface area contributed by atoms with E-state index in [0.717, 1.165) is 11.1 Å². The molecule has 0 fully saturated rings. The third kappa shape index (κ3) is 5.20. The van der Waals surface area contributed by atoms with Gasteiger partial charge in [0, 0.05) is 0 Å². The maximum absolute atomic E-state index is 13.0. The molecule has 7 nitrogen and oxygen atoms in total. The van der Waals surface area contributed by atoms with Gasteiger partial charge in [0.25, 0.3) is 15.9 Å². The van der Waals surface area contributed by atoms with Crippen LogP contribution in [0.5, 0.6) is 11.5 Å². The van der Waals surface area contributed by atoms with Gasteiger partial charge in [-0.05, 0) is 55.8 Å². The summed E-state index contributed by atoms with van der Waals surface area (Å²) in [7, 11) is -0.748. The van der Waals surface area contributed by atoms with Crippen LogP contribution in [-0.4, -0.2) is 28.5 Å². The Labute approximate surface area is 188 Å². The minimum absolute atomic E-state index is 0.122. The Morgan fingerprint density at radius 1 is 0.906 bits per heavy atom. The molecular weight excluding hydrogens is 428 g/mol. The summed E-state index contributed by atoms with van der Waals surface area (Å²) in [5.74, 6) is 0.734. The van der Waals surface area contributed by atoms with Gasteiger partial charge in [-0.3, -0.25) is 9.52 Å². The van der Waals surface area contributed by atoms with Gasteiger partial charge in [0.15, 0.2) is 11.5 Å². The zero-order valence-electron chi connectivity index (χ0n) is 18.4. The predicted octanol–water partition coefficient (Wildman–Crippen LogP) is 4.30. The Kier molecular flexibility index (Phi) is 7.05. The second kappa shape index (κ2) is 9.74. The van der Waals surface area contributed by atoms with Crippen LogP contribution in [-0.2, 0) is 10.0 Å². The molecular formula is C24H26N2O5S. The van der Waals surface area contributed by atoms with E-state index in [9.17, 15) is 13.2 Å². The minimum Gasteiger partial charge on any atom is -0.493 e. The zero-order valence-corrected chi connectivity index (χ0v) is 19.2. The summed E-state index contributed by atoms with van der Waals surface area (Å²) >= 11 is 0. The number of carbonyl (C=O) groups is 1. The predicted molar refractivity (Wildman–Crippen MR) is 124 cm³/mol. The molecule has 0 aliphatic heterocycles. The molecule has 1 amide bonds. The fourth-order valence-electron chi connectivity index (χ4n) is 3.17. The molecule has 3 aromatic carbocycles. The first-order valence-corrected chi connectivity index (χ1v) is 11.4. The van der Waals surface area contributed by atoms with Crippen molar-refractivity contribution in [3.8, 4) is 11.5 Å². The lowest BCUT2D eigenvalue weighted by molar-refractivity contribution is 0.0940. The summed E-state index contributed by atoms with van der Waals surface area (Å²) < 4.78 is 38.7. The Hall–Kier alpha value is -3.52. The first-order chi connectivity index (χ1) is 15.2. The van der Waals surface area contributed by atoms with Crippen LogP contribution in [0.25, 0.3) is 0 Å². The van der Waals surface area contributed by atoms with Gasteiger partial charge in [-0.2, -0.15) is 0 Å². The van der Waals surface area contributed by atoms with E-state index in [4.69, 9.17) is 9.47 Å². The highest BCUT2D eigenvalue weighted by Gasteiger charge is 2.20. The van der Waals surface area contributed by atoms with E-state index in [2.05, 4.69) is 10.0 Å². The highest BCUT2D eigenvalue weighted by Crippen LogP contribution is 2.30. The number of aryl methyl sites for hydroxylation is 1. The monoisotopic (exact) mass is 454 g/mol. The van der Waals surface area contributed by atoms with Crippen molar-refractivity contribution in [1.29, 1.82) is 0 Å². The van der Waals surface area contributed by atoms with E-state index in [1.165, 1.54) is 12.1 Å². The second-order valence-electron chi connectivity index (χ2n) is 7.27. The number of sulfonamides is 1. The van der Waals surface area contributed by atoms with Crippen LogP contribution < -0.4 is 19.5 Å². The Morgan fingerprint density at radius 3 is 2.22 bits per heavy atom. The summed E-state index contributed by atoms with van der Waals surface area (Å²) in [6.45, 7) is 3.71. The molecule has 32 heavy (non-hydrogen) atoms. The van der Waals surface area contributed by atoms with Crippen molar-refractivity contribution < 1.29 is 22.7 Å². The number of carbonyl (C=O) groups excluding carboxylic acids is 1. The SMILES string of the molecule is COc1ccc([C@H](C)NC(=O)c2ccccc2NS(=O)(=O)c2ccc(C)cc2)cc1OC. The average molecular weight is 455 g/mol. The number of anilines is 1. The van der Waals surface area contributed by atoms with Gasteiger partial charge in [0.2, 0.25) is 0 Å². The molecule has 0 saturated carbocycles. The Bertz CT molecular complexity index is 1210. The zero-order chi connectivity index (χ0) is 23.3. The van der Waals surface area contributed by atoms with Gasteiger partial charge in [-0.15, -0.1) is 0 Å². The molecule has 0 aliphatic carbocycles. The third-order valence-corrected chi connectivity index (χ3v) is 6.38. The molecule has 0 radical (unpaired) electrons. The molecule has 0 bridgehead atoms. The highest BCUT2D eigenvalue weighted by molar-refractivity contribution is 7.92. The van der Waals surface area contributed by atoms with Gasteiger partial charge in [0.05, 0.1) is 36.4 Å². The van der Waals surface area contributed by atoms with Crippen molar-refractivity contribution in [3.63, 3.8) is 0 Å². The van der Waals surface area contributed by atoms with Gasteiger partial charge in [0.1, 0.15) is 0 Å². The number of methoxy groups -OCH3 is 2. The number of para-hydroxylation sites is 1. The van der Waals surface area contributed by atoms with Crippen molar-refractivity contribution in [2.24, 2.45) is 0 Å². The number of ether oxygens (including phenoxy) is 2. The van der Waals surface area contributed by atoms with Crippen LogP contribution >= 0.6 is 0 Å². The number of hydrogen-bond acceptors (Lipinski definition) is 5. The van der Waals surface area contributed by atoms with Crippen LogP contribution in [0.3, 0.4) is 0 Å². The first-order valence-electron chi connectivity index (χ1n) is 9.96. The average Bonchev–Trinajstić information content (AvgIpc) is 2.78. The third-order valence-electron chi connectivity index (χ3n) is 5.00. The largest absolute Gasteiger partial charge is 0.493 e. The van der Waals surface area contributed by atoms with Crippen molar-refractivity contribution in [2.75, 3.05) is 18.9 Å². The topological polar surface area (TPSA) is 93.7 Å². The van der Waals surface area contributed by atoms with Gasteiger partial charge >= 0.3 is 0 Å². The quantitative estimate of drug-likeness (QED) is 0.529. The molecule has 0 spiro atoms. The fraction of sp³-hybridized carbons (Fsp3) is 0.208. The van der Waals surface area contributed by atoms with Crippen LogP contribution in [0.2, 0.25) is 0 Å². The van der Waals surface area contributed by atoms with Crippen molar-refractivity contribution in [1.82, 2.24) is 5.32 Å². The molecule has 0 heterocycles. The maximum Gasteiger partial charge on any atom is 0.261 e. The summed E-state index contributed by atoms with van der Waals surface area (Å²) in [5, 5.41) is 2.90. The number of amides is 1. The van der Waals surface area contributed by atoms with E-state index in [0.29, 0.717) is 11.5 Å². The van der Waals surface area contributed by atoms with E-state index in [1.54, 1.807) is 62.8 Å². The van der Waals surface area contributed by atoms with Crippen LogP contribution in [0.1, 0.15) is 34.5 Å². The molecule has 0 saturated heterocycles. The molecule has 2 N–H and O–H groups in total. The number of nitrogens with one attached hydrogen (secondary N) is 2. The molecule has 168 valence electrons. The fourth-order valence-corrected chi connectivity index (χ4v) is 4.25. The summed E-state index contributed by atoms with van der Waals surface area (Å²) in [6.07, 6.45) is 0. The smallest absolute Gasteiger partial charge is 0.261 e. The van der Waals surface area contributed by atoms with Gasteiger partial charge in [-0.25, -0.2) is 8.42 Å². The highest BCUT2D eigenvalue weighted by atomic mass is 32.2. The molecule has 0 aliphatic rings. The van der Waals surface area contributed by atoms with E-state index < -0.39 is 15.9 Å². The molecule has 1 atom stereocenters. The molecule has 3 aromatic rings. The summed E-state index contributed by atoms with van der Waals surface area (Å²) in [4.78, 5) is 13.1. The number of rotatable bonds is 8. The second-order valence-corrected chi connectivity index (χ2v) is 8.96. The maximum atomic E-state index is 13.0. The molecule has 8 heteroatoms. The normalized spacial score (nSPS) is 12.0. The van der Waals surface area contributed by atoms with E-state index in [1.807, 2.05) is 19.9 Å². The number of benzene rings is 3.